The maximum Gasteiger partial charge on any atom is 0.264 e. The summed E-state index contributed by atoms with van der Waals surface area (Å²) in [4.78, 5) is 32.4. The van der Waals surface area contributed by atoms with Crippen molar-refractivity contribution in [3.05, 3.63) is 27.1 Å². The molecule has 0 unspecified atom stereocenters. The average molecular weight is 306 g/mol. The summed E-state index contributed by atoms with van der Waals surface area (Å²) in [6, 6.07) is 0.159. The molecule has 3 heterocycles. The predicted octanol–water partition coefficient (Wildman–Crippen LogP) is 0.737. The summed E-state index contributed by atoms with van der Waals surface area (Å²) in [5, 5.41) is 3.84. The highest BCUT2D eigenvalue weighted by atomic mass is 32.1. The lowest BCUT2D eigenvalue weighted by molar-refractivity contribution is 0.0660. The zero-order valence-corrected chi connectivity index (χ0v) is 13.2. The van der Waals surface area contributed by atoms with Crippen molar-refractivity contribution >= 4 is 27.5 Å². The largest absolute Gasteiger partial charge is 0.333 e. The van der Waals surface area contributed by atoms with E-state index in [0.717, 1.165) is 18.7 Å². The van der Waals surface area contributed by atoms with Crippen molar-refractivity contribution in [1.29, 1.82) is 0 Å². The Morgan fingerprint density at radius 2 is 2.29 bits per heavy atom. The number of nitrogens with zero attached hydrogens (tertiary/aromatic N) is 3. The van der Waals surface area contributed by atoms with E-state index < -0.39 is 0 Å². The Kier molecular flexibility index (Phi) is 3.54. The zero-order chi connectivity index (χ0) is 15.1. The number of amides is 1. The first-order valence-electron chi connectivity index (χ1n) is 6.97. The zero-order valence-electron chi connectivity index (χ0n) is 12.3. The fourth-order valence-corrected chi connectivity index (χ4v) is 3.78. The highest BCUT2D eigenvalue weighted by Crippen LogP contribution is 2.28. The van der Waals surface area contributed by atoms with E-state index in [0.29, 0.717) is 21.6 Å². The van der Waals surface area contributed by atoms with Gasteiger partial charge in [-0.15, -0.1) is 11.3 Å². The minimum Gasteiger partial charge on any atom is -0.333 e. The number of thiophene rings is 1. The first kappa shape index (κ1) is 14.2. The predicted molar refractivity (Wildman–Crippen MR) is 83.0 cm³/mol. The molecule has 0 bridgehead atoms. The fourth-order valence-electron chi connectivity index (χ4n) is 2.69. The second-order valence-corrected chi connectivity index (χ2v) is 6.45. The summed E-state index contributed by atoms with van der Waals surface area (Å²) in [6.07, 6.45) is 1.50. The fraction of sp³-hybridized carbons (Fsp3) is 0.500. The molecule has 1 aliphatic heterocycles. The number of carbonyl (C=O) groups is 1. The Labute approximate surface area is 126 Å². The normalized spacial score (nSPS) is 19.2. The summed E-state index contributed by atoms with van der Waals surface area (Å²) in [7, 11) is 1.67. The van der Waals surface area contributed by atoms with Crippen LogP contribution in [0.4, 0.5) is 0 Å². The highest BCUT2D eigenvalue weighted by Gasteiger charge is 2.28. The van der Waals surface area contributed by atoms with E-state index in [4.69, 9.17) is 0 Å². The minimum absolute atomic E-state index is 0.00607. The van der Waals surface area contributed by atoms with E-state index in [1.54, 1.807) is 7.05 Å². The molecule has 112 valence electrons. The number of hydrogen-bond donors (Lipinski definition) is 1. The molecule has 0 spiro atoms. The first-order chi connectivity index (χ1) is 10.0. The van der Waals surface area contributed by atoms with Crippen LogP contribution in [0.15, 0.2) is 11.1 Å². The topological polar surface area (TPSA) is 67.2 Å². The number of aryl methyl sites for hydroxylation is 2. The molecule has 0 saturated carbocycles. The molecule has 0 aromatic carbocycles. The number of nitrogens with one attached hydrogen (secondary N) is 1. The van der Waals surface area contributed by atoms with Gasteiger partial charge < -0.3 is 14.8 Å². The SMILES string of the molecule is Cc1c(C(=O)N2CCNC[C@@H]2C)sc2ncn(C)c(=O)c12. The van der Waals surface area contributed by atoms with Gasteiger partial charge in [0.05, 0.1) is 16.6 Å². The van der Waals surface area contributed by atoms with Crippen LogP contribution in [0.2, 0.25) is 0 Å². The number of hydrogen-bond acceptors (Lipinski definition) is 5. The average Bonchev–Trinajstić information content (AvgIpc) is 2.80. The van der Waals surface area contributed by atoms with Crippen LogP contribution in [0.1, 0.15) is 22.2 Å². The summed E-state index contributed by atoms with van der Waals surface area (Å²) in [5.41, 5.74) is 0.653. The van der Waals surface area contributed by atoms with Gasteiger partial charge in [0.1, 0.15) is 4.83 Å². The van der Waals surface area contributed by atoms with Crippen LogP contribution in [0, 0.1) is 6.92 Å². The van der Waals surface area contributed by atoms with Gasteiger partial charge >= 0.3 is 0 Å². The van der Waals surface area contributed by atoms with Gasteiger partial charge in [-0.1, -0.05) is 0 Å². The Morgan fingerprint density at radius 1 is 1.52 bits per heavy atom. The summed E-state index contributed by atoms with van der Waals surface area (Å²) in [6.45, 7) is 6.17. The molecular weight excluding hydrogens is 288 g/mol. The number of aromatic nitrogens is 2. The standard InChI is InChI=1S/C14H18N4O2S/c1-8-6-15-4-5-18(8)14(20)11-9(2)10-12(21-11)16-7-17(3)13(10)19/h7-8,15H,4-6H2,1-3H3/t8-/m0/s1. The molecule has 6 nitrogen and oxygen atoms in total. The number of fused-ring (bicyclic) bond motifs is 1. The van der Waals surface area contributed by atoms with E-state index in [1.807, 2.05) is 18.7 Å². The Morgan fingerprint density at radius 3 is 3.00 bits per heavy atom. The van der Waals surface area contributed by atoms with Crippen LogP contribution < -0.4 is 10.9 Å². The van der Waals surface area contributed by atoms with Crippen LogP contribution in [-0.2, 0) is 7.05 Å². The van der Waals surface area contributed by atoms with Crippen molar-refractivity contribution in [2.75, 3.05) is 19.6 Å². The van der Waals surface area contributed by atoms with Gasteiger partial charge in [-0.05, 0) is 19.4 Å². The molecule has 1 fully saturated rings. The smallest absolute Gasteiger partial charge is 0.264 e. The van der Waals surface area contributed by atoms with Crippen LogP contribution in [-0.4, -0.2) is 46.0 Å². The molecule has 2 aromatic rings. The molecule has 3 rings (SSSR count). The van der Waals surface area contributed by atoms with Crippen molar-refractivity contribution in [1.82, 2.24) is 19.8 Å². The van der Waals surface area contributed by atoms with Crippen LogP contribution in [0.3, 0.4) is 0 Å². The van der Waals surface area contributed by atoms with E-state index >= 15 is 0 Å². The Balaban J connectivity index is 2.08. The second kappa shape index (κ2) is 5.23. The monoisotopic (exact) mass is 306 g/mol. The van der Waals surface area contributed by atoms with Crippen LogP contribution >= 0.6 is 11.3 Å². The van der Waals surface area contributed by atoms with E-state index in [1.165, 1.54) is 22.2 Å². The maximum atomic E-state index is 12.8. The molecule has 1 amide bonds. The van der Waals surface area contributed by atoms with Gasteiger partial charge in [-0.2, -0.15) is 0 Å². The van der Waals surface area contributed by atoms with Gasteiger partial charge in [0.25, 0.3) is 11.5 Å². The third-order valence-corrected chi connectivity index (χ3v) is 5.15. The first-order valence-corrected chi connectivity index (χ1v) is 7.78. The highest BCUT2D eigenvalue weighted by molar-refractivity contribution is 7.20. The van der Waals surface area contributed by atoms with Gasteiger partial charge in [-0.25, -0.2) is 4.98 Å². The number of rotatable bonds is 1. The summed E-state index contributed by atoms with van der Waals surface area (Å²) < 4.78 is 1.45. The number of piperazine rings is 1. The maximum absolute atomic E-state index is 12.8. The molecule has 1 saturated heterocycles. The molecule has 0 radical (unpaired) electrons. The van der Waals surface area contributed by atoms with Crippen molar-refractivity contribution in [2.24, 2.45) is 7.05 Å². The third-order valence-electron chi connectivity index (χ3n) is 3.97. The Bertz CT molecular complexity index is 764. The number of carbonyl (C=O) groups excluding carboxylic acids is 1. The van der Waals surface area contributed by atoms with Gasteiger partial charge in [0, 0.05) is 32.7 Å². The third kappa shape index (κ3) is 2.26. The second-order valence-electron chi connectivity index (χ2n) is 5.45. The minimum atomic E-state index is -0.0961. The molecule has 2 aromatic heterocycles. The van der Waals surface area contributed by atoms with E-state index in [9.17, 15) is 9.59 Å². The molecule has 0 aliphatic carbocycles. The van der Waals surface area contributed by atoms with Crippen molar-refractivity contribution in [2.45, 2.75) is 19.9 Å². The van der Waals surface area contributed by atoms with Crippen molar-refractivity contribution in [3.8, 4) is 0 Å². The lowest BCUT2D eigenvalue weighted by Crippen LogP contribution is -2.52. The molecule has 21 heavy (non-hydrogen) atoms. The summed E-state index contributed by atoms with van der Waals surface area (Å²) >= 11 is 1.31. The molecule has 1 atom stereocenters. The van der Waals surface area contributed by atoms with Crippen molar-refractivity contribution < 1.29 is 4.79 Å². The van der Waals surface area contributed by atoms with Gasteiger partial charge in [0.15, 0.2) is 0 Å². The lowest BCUT2D eigenvalue weighted by atomic mass is 10.1. The summed E-state index contributed by atoms with van der Waals surface area (Å²) in [5.74, 6) is 0.00607. The van der Waals surface area contributed by atoms with Gasteiger partial charge in [-0.3, -0.25) is 9.59 Å². The molecule has 7 heteroatoms. The Hall–Kier alpha value is -1.73. The quantitative estimate of drug-likeness (QED) is 0.844. The van der Waals surface area contributed by atoms with E-state index in [2.05, 4.69) is 10.3 Å². The molecule has 1 N–H and O–H groups in total. The van der Waals surface area contributed by atoms with Crippen LogP contribution in [0.5, 0.6) is 0 Å². The van der Waals surface area contributed by atoms with E-state index in [-0.39, 0.29) is 17.5 Å². The van der Waals surface area contributed by atoms with Crippen LogP contribution in [0.25, 0.3) is 10.2 Å². The molecule has 1 aliphatic rings. The van der Waals surface area contributed by atoms with Gasteiger partial charge in [0.2, 0.25) is 0 Å². The molecular formula is C14H18N4O2S. The van der Waals surface area contributed by atoms with Crippen molar-refractivity contribution in [3.63, 3.8) is 0 Å². The lowest BCUT2D eigenvalue weighted by Gasteiger charge is -2.33.